The van der Waals surface area contributed by atoms with Crippen molar-refractivity contribution in [2.75, 3.05) is 23.7 Å². The van der Waals surface area contributed by atoms with E-state index < -0.39 is 0 Å². The highest BCUT2D eigenvalue weighted by Gasteiger charge is 2.23. The molecule has 1 N–H and O–H groups in total. The third-order valence-electron chi connectivity index (χ3n) is 5.38. The fourth-order valence-corrected chi connectivity index (χ4v) is 4.53. The van der Waals surface area contributed by atoms with E-state index in [4.69, 9.17) is 11.6 Å². The molecule has 4 rings (SSSR count). The molecule has 1 aliphatic rings. The molecule has 1 atom stereocenters. The molecule has 1 saturated heterocycles. The van der Waals surface area contributed by atoms with E-state index in [2.05, 4.69) is 56.2 Å². The Morgan fingerprint density at radius 2 is 1.77 bits per heavy atom. The van der Waals surface area contributed by atoms with Gasteiger partial charge in [-0.15, -0.1) is 10.2 Å². The first-order valence-corrected chi connectivity index (χ1v) is 11.8. The van der Waals surface area contributed by atoms with E-state index in [-0.39, 0.29) is 17.7 Å². The summed E-state index contributed by atoms with van der Waals surface area (Å²) >= 11 is 7.36. The summed E-state index contributed by atoms with van der Waals surface area (Å²) in [4.78, 5) is 14.9. The van der Waals surface area contributed by atoms with Crippen LogP contribution < -0.4 is 10.2 Å². The summed E-state index contributed by atoms with van der Waals surface area (Å²) in [6.45, 7) is 5.99. The van der Waals surface area contributed by atoms with Crippen LogP contribution >= 0.6 is 23.4 Å². The lowest BCUT2D eigenvalue weighted by molar-refractivity contribution is -0.119. The highest BCUT2D eigenvalue weighted by atomic mass is 35.5. The Morgan fingerprint density at radius 1 is 1.10 bits per heavy atom. The monoisotopic (exact) mass is 455 g/mol. The van der Waals surface area contributed by atoms with E-state index in [0.29, 0.717) is 5.02 Å². The third-order valence-corrected chi connectivity index (χ3v) is 6.56. The van der Waals surface area contributed by atoms with Gasteiger partial charge >= 0.3 is 0 Å². The summed E-state index contributed by atoms with van der Waals surface area (Å²) in [7, 11) is 0. The number of thioether (sulfide) groups is 1. The minimum Gasteiger partial charge on any atom is -0.349 e. The Kier molecular flexibility index (Phi) is 6.83. The standard InChI is InChI=1S/C23H26ClN5OS/c1-16-5-11-20(12-6-16)29-22(28-13-3-4-14-28)26-27-23(29)31-15-21(30)25-17(2)18-7-9-19(24)10-8-18/h5-12,17H,3-4,13-15H2,1-2H3,(H,25,30). The van der Waals surface area contributed by atoms with Gasteiger partial charge in [-0.25, -0.2) is 0 Å². The number of benzene rings is 2. The number of aromatic nitrogens is 3. The van der Waals surface area contributed by atoms with E-state index in [1.165, 1.54) is 17.3 Å². The number of hydrogen-bond donors (Lipinski definition) is 1. The fourth-order valence-electron chi connectivity index (χ4n) is 3.65. The van der Waals surface area contributed by atoms with Crippen molar-refractivity contribution in [3.63, 3.8) is 0 Å². The number of amides is 1. The van der Waals surface area contributed by atoms with E-state index in [1.807, 2.05) is 31.2 Å². The third kappa shape index (κ3) is 5.22. The summed E-state index contributed by atoms with van der Waals surface area (Å²) in [5.74, 6) is 1.06. The molecule has 162 valence electrons. The molecule has 1 amide bonds. The highest BCUT2D eigenvalue weighted by Crippen LogP contribution is 2.29. The van der Waals surface area contributed by atoms with E-state index in [0.717, 1.165) is 48.3 Å². The van der Waals surface area contributed by atoms with Gasteiger partial charge in [0.15, 0.2) is 5.16 Å². The van der Waals surface area contributed by atoms with Crippen LogP contribution in [0.25, 0.3) is 5.69 Å². The molecular formula is C23H26ClN5OS. The zero-order valence-electron chi connectivity index (χ0n) is 17.7. The Morgan fingerprint density at radius 3 is 2.45 bits per heavy atom. The minimum atomic E-state index is -0.0968. The van der Waals surface area contributed by atoms with Gasteiger partial charge < -0.3 is 10.2 Å². The van der Waals surface area contributed by atoms with Crippen LogP contribution in [0.2, 0.25) is 5.02 Å². The molecule has 0 saturated carbocycles. The van der Waals surface area contributed by atoms with E-state index in [1.54, 1.807) is 0 Å². The number of aryl methyl sites for hydroxylation is 1. The number of halogens is 1. The maximum atomic E-state index is 12.6. The lowest BCUT2D eigenvalue weighted by Gasteiger charge is -2.18. The molecule has 1 fully saturated rings. The zero-order chi connectivity index (χ0) is 21.8. The van der Waals surface area contributed by atoms with Crippen molar-refractivity contribution in [1.82, 2.24) is 20.1 Å². The van der Waals surface area contributed by atoms with Crippen LogP contribution in [0.3, 0.4) is 0 Å². The first-order valence-electron chi connectivity index (χ1n) is 10.5. The van der Waals surface area contributed by atoms with Gasteiger partial charge in [-0.05, 0) is 56.5 Å². The second kappa shape index (κ2) is 9.75. The summed E-state index contributed by atoms with van der Waals surface area (Å²) in [5, 5.41) is 13.3. The Bertz CT molecular complexity index is 1030. The quantitative estimate of drug-likeness (QED) is 0.518. The Labute approximate surface area is 192 Å². The molecule has 2 heterocycles. The summed E-state index contributed by atoms with van der Waals surface area (Å²) in [6, 6.07) is 15.7. The molecule has 1 aliphatic heterocycles. The van der Waals surface area contributed by atoms with Gasteiger partial charge in [0, 0.05) is 18.1 Å². The molecule has 3 aromatic rings. The molecule has 8 heteroatoms. The zero-order valence-corrected chi connectivity index (χ0v) is 19.3. The second-order valence-electron chi connectivity index (χ2n) is 7.78. The van der Waals surface area contributed by atoms with Crippen molar-refractivity contribution in [1.29, 1.82) is 0 Å². The van der Waals surface area contributed by atoms with Gasteiger partial charge in [0.25, 0.3) is 0 Å². The maximum Gasteiger partial charge on any atom is 0.232 e. The fraction of sp³-hybridized carbons (Fsp3) is 0.348. The smallest absolute Gasteiger partial charge is 0.232 e. The topological polar surface area (TPSA) is 63.1 Å². The van der Waals surface area contributed by atoms with Crippen molar-refractivity contribution in [2.45, 2.75) is 37.9 Å². The van der Waals surface area contributed by atoms with Gasteiger partial charge in [0.1, 0.15) is 0 Å². The predicted octanol–water partition coefficient (Wildman–Crippen LogP) is 4.80. The van der Waals surface area contributed by atoms with Crippen molar-refractivity contribution in [3.8, 4) is 5.69 Å². The average Bonchev–Trinajstić information content (AvgIpc) is 3.43. The SMILES string of the molecule is Cc1ccc(-n2c(SCC(=O)NC(C)c3ccc(Cl)cc3)nnc2N2CCCC2)cc1. The minimum absolute atomic E-state index is 0.0476. The first kappa shape index (κ1) is 21.7. The van der Waals surface area contributed by atoms with Gasteiger partial charge in [-0.2, -0.15) is 0 Å². The normalized spacial score (nSPS) is 14.6. The number of rotatable bonds is 7. The van der Waals surface area contributed by atoms with E-state index in [9.17, 15) is 4.79 Å². The molecule has 0 aliphatic carbocycles. The Hall–Kier alpha value is -2.51. The van der Waals surface area contributed by atoms with Crippen molar-refractivity contribution in [3.05, 3.63) is 64.7 Å². The first-order chi connectivity index (χ1) is 15.0. The van der Waals surface area contributed by atoms with Gasteiger partial charge in [-0.3, -0.25) is 9.36 Å². The number of hydrogen-bond acceptors (Lipinski definition) is 5. The van der Waals surface area contributed by atoms with Crippen molar-refractivity contribution < 1.29 is 4.79 Å². The van der Waals surface area contributed by atoms with Crippen LogP contribution in [0, 0.1) is 6.92 Å². The van der Waals surface area contributed by atoms with Gasteiger partial charge in [-0.1, -0.05) is 53.2 Å². The number of nitrogens with zero attached hydrogens (tertiary/aromatic N) is 4. The van der Waals surface area contributed by atoms with Gasteiger partial charge in [0.2, 0.25) is 11.9 Å². The molecule has 31 heavy (non-hydrogen) atoms. The molecule has 2 aromatic carbocycles. The molecule has 0 radical (unpaired) electrons. The second-order valence-corrected chi connectivity index (χ2v) is 9.16. The summed E-state index contributed by atoms with van der Waals surface area (Å²) in [5.41, 5.74) is 3.22. The lowest BCUT2D eigenvalue weighted by Crippen LogP contribution is -2.28. The van der Waals surface area contributed by atoms with Crippen LogP contribution in [0.1, 0.15) is 36.9 Å². The molecular weight excluding hydrogens is 430 g/mol. The lowest BCUT2D eigenvalue weighted by atomic mass is 10.1. The molecule has 0 bridgehead atoms. The van der Waals surface area contributed by atoms with E-state index >= 15 is 0 Å². The predicted molar refractivity (Wildman–Crippen MR) is 126 cm³/mol. The summed E-state index contributed by atoms with van der Waals surface area (Å²) < 4.78 is 2.06. The molecule has 1 unspecified atom stereocenters. The largest absolute Gasteiger partial charge is 0.349 e. The Balaban J connectivity index is 1.48. The van der Waals surface area contributed by atoms with Crippen LogP contribution in [-0.2, 0) is 4.79 Å². The number of carbonyl (C=O) groups is 1. The van der Waals surface area contributed by atoms with Crippen LogP contribution in [0.15, 0.2) is 53.7 Å². The molecule has 0 spiro atoms. The molecule has 6 nitrogen and oxygen atoms in total. The molecule has 1 aromatic heterocycles. The number of carbonyl (C=O) groups excluding carboxylic acids is 1. The van der Waals surface area contributed by atoms with Crippen LogP contribution in [0.5, 0.6) is 0 Å². The summed E-state index contributed by atoms with van der Waals surface area (Å²) in [6.07, 6.45) is 2.32. The van der Waals surface area contributed by atoms with Gasteiger partial charge in [0.05, 0.1) is 17.5 Å². The highest BCUT2D eigenvalue weighted by molar-refractivity contribution is 7.99. The average molecular weight is 456 g/mol. The number of anilines is 1. The van der Waals surface area contributed by atoms with Crippen LogP contribution in [-0.4, -0.2) is 39.5 Å². The van der Waals surface area contributed by atoms with Crippen molar-refractivity contribution >= 4 is 35.2 Å². The maximum absolute atomic E-state index is 12.6. The van der Waals surface area contributed by atoms with Crippen LogP contribution in [0.4, 0.5) is 5.95 Å². The number of nitrogens with one attached hydrogen (secondary N) is 1. The van der Waals surface area contributed by atoms with Crippen molar-refractivity contribution in [2.24, 2.45) is 0 Å².